The van der Waals surface area contributed by atoms with Gasteiger partial charge in [-0.15, -0.1) is 0 Å². The zero-order valence-corrected chi connectivity index (χ0v) is 14.0. The van der Waals surface area contributed by atoms with E-state index in [-0.39, 0.29) is 23.0 Å². The molecule has 4 rings (SSSR count). The predicted molar refractivity (Wildman–Crippen MR) is 93.5 cm³/mol. The average Bonchev–Trinajstić information content (AvgIpc) is 2.61. The monoisotopic (exact) mass is 340 g/mol. The normalized spacial score (nSPS) is 14.9. The van der Waals surface area contributed by atoms with Crippen LogP contribution in [0.1, 0.15) is 24.0 Å². The van der Waals surface area contributed by atoms with E-state index >= 15 is 0 Å². The van der Waals surface area contributed by atoms with Crippen LogP contribution in [-0.4, -0.2) is 23.1 Å². The first kappa shape index (κ1) is 16.9. The fourth-order valence-electron chi connectivity index (χ4n) is 2.74. The SMILES string of the molecule is COc1cc2cc(c1O)Oc1ccc(cc1)CCC(=O)C=C(O)CC2. The Bertz CT molecular complexity index is 806. The third kappa shape index (κ3) is 4.12. The predicted octanol–water partition coefficient (Wildman–Crippen LogP) is 4.08. The molecule has 0 spiro atoms. The Hall–Kier alpha value is -2.95. The number of carbonyl (C=O) groups excluding carboxylic acids is 1. The molecule has 2 aliphatic heterocycles. The summed E-state index contributed by atoms with van der Waals surface area (Å²) in [6.07, 6.45) is 3.04. The average molecular weight is 340 g/mol. The lowest BCUT2D eigenvalue weighted by Gasteiger charge is -2.13. The number of benzene rings is 2. The van der Waals surface area contributed by atoms with Crippen LogP contribution < -0.4 is 9.47 Å². The summed E-state index contributed by atoms with van der Waals surface area (Å²) >= 11 is 0. The highest BCUT2D eigenvalue weighted by Crippen LogP contribution is 2.40. The van der Waals surface area contributed by atoms with Gasteiger partial charge in [-0.3, -0.25) is 4.79 Å². The van der Waals surface area contributed by atoms with E-state index < -0.39 is 0 Å². The summed E-state index contributed by atoms with van der Waals surface area (Å²) in [7, 11) is 1.47. The van der Waals surface area contributed by atoms with Crippen molar-refractivity contribution in [3.05, 3.63) is 59.4 Å². The summed E-state index contributed by atoms with van der Waals surface area (Å²) in [5.41, 5.74) is 1.82. The molecule has 5 nitrogen and oxygen atoms in total. The molecule has 0 fully saturated rings. The number of aliphatic hydroxyl groups is 1. The molecule has 2 aromatic rings. The van der Waals surface area contributed by atoms with Gasteiger partial charge in [-0.05, 0) is 48.2 Å². The molecule has 5 heteroatoms. The molecule has 2 heterocycles. The van der Waals surface area contributed by atoms with E-state index in [0.717, 1.165) is 11.1 Å². The van der Waals surface area contributed by atoms with Gasteiger partial charge < -0.3 is 19.7 Å². The first-order valence-electron chi connectivity index (χ1n) is 8.14. The maximum Gasteiger partial charge on any atom is 0.201 e. The quantitative estimate of drug-likeness (QED) is 0.818. The van der Waals surface area contributed by atoms with E-state index in [4.69, 9.17) is 9.47 Å². The van der Waals surface area contributed by atoms with Crippen LogP contribution in [0.4, 0.5) is 0 Å². The number of allylic oxidation sites excluding steroid dienone is 2. The van der Waals surface area contributed by atoms with Crippen LogP contribution in [-0.2, 0) is 17.6 Å². The molecule has 130 valence electrons. The summed E-state index contributed by atoms with van der Waals surface area (Å²) < 4.78 is 11.0. The number of methoxy groups -OCH3 is 1. The van der Waals surface area contributed by atoms with Crippen molar-refractivity contribution < 1.29 is 24.5 Å². The molecule has 0 radical (unpaired) electrons. The summed E-state index contributed by atoms with van der Waals surface area (Å²) in [4.78, 5) is 11.9. The second kappa shape index (κ2) is 7.30. The minimum Gasteiger partial charge on any atom is -0.512 e. The Balaban J connectivity index is 2.02. The lowest BCUT2D eigenvalue weighted by molar-refractivity contribution is -0.114. The van der Waals surface area contributed by atoms with Crippen LogP contribution >= 0.6 is 0 Å². The van der Waals surface area contributed by atoms with Crippen molar-refractivity contribution in [1.29, 1.82) is 0 Å². The number of phenolic OH excluding ortho intramolecular Hbond substituents is 1. The number of hydrogen-bond acceptors (Lipinski definition) is 5. The maximum absolute atomic E-state index is 11.9. The number of ketones is 1. The van der Waals surface area contributed by atoms with Gasteiger partial charge in [0.25, 0.3) is 0 Å². The first-order valence-corrected chi connectivity index (χ1v) is 8.14. The van der Waals surface area contributed by atoms with Crippen molar-refractivity contribution >= 4 is 5.78 Å². The summed E-state index contributed by atoms with van der Waals surface area (Å²) in [6, 6.07) is 10.8. The summed E-state index contributed by atoms with van der Waals surface area (Å²) in [5, 5.41) is 20.3. The number of aromatic hydroxyl groups is 1. The lowest BCUT2D eigenvalue weighted by Crippen LogP contribution is -1.99. The Morgan fingerprint density at radius 1 is 0.960 bits per heavy atom. The van der Waals surface area contributed by atoms with Crippen LogP contribution in [0.2, 0.25) is 0 Å². The molecule has 0 saturated carbocycles. The number of carbonyl (C=O) groups is 1. The molecule has 0 atom stereocenters. The Morgan fingerprint density at radius 2 is 1.68 bits per heavy atom. The van der Waals surface area contributed by atoms with Gasteiger partial charge in [-0.1, -0.05) is 12.1 Å². The lowest BCUT2D eigenvalue weighted by atomic mass is 10.1. The fourth-order valence-corrected chi connectivity index (χ4v) is 2.74. The third-order valence-electron chi connectivity index (χ3n) is 4.13. The van der Waals surface area contributed by atoms with Gasteiger partial charge >= 0.3 is 0 Å². The second-order valence-corrected chi connectivity index (χ2v) is 5.99. The van der Waals surface area contributed by atoms with Gasteiger partial charge in [0, 0.05) is 18.9 Å². The molecule has 0 saturated heterocycles. The molecule has 25 heavy (non-hydrogen) atoms. The van der Waals surface area contributed by atoms with Gasteiger partial charge in [-0.2, -0.15) is 0 Å². The summed E-state index contributed by atoms with van der Waals surface area (Å²) in [5.74, 6) is 1.04. The first-order chi connectivity index (χ1) is 12.0. The second-order valence-electron chi connectivity index (χ2n) is 5.99. The van der Waals surface area contributed by atoms with Crippen molar-refractivity contribution in [2.45, 2.75) is 25.7 Å². The van der Waals surface area contributed by atoms with Crippen molar-refractivity contribution in [1.82, 2.24) is 0 Å². The number of aryl methyl sites for hydroxylation is 2. The van der Waals surface area contributed by atoms with Crippen LogP contribution in [0.3, 0.4) is 0 Å². The number of rotatable bonds is 1. The van der Waals surface area contributed by atoms with Crippen LogP contribution in [0, 0.1) is 0 Å². The number of hydrogen-bond donors (Lipinski definition) is 2. The summed E-state index contributed by atoms with van der Waals surface area (Å²) in [6.45, 7) is 0. The van der Waals surface area contributed by atoms with Gasteiger partial charge in [0.1, 0.15) is 5.75 Å². The molecule has 0 amide bonds. The number of ether oxygens (including phenoxy) is 2. The number of fused-ring (bicyclic) bond motifs is 7. The topological polar surface area (TPSA) is 76.0 Å². The molecule has 2 aromatic carbocycles. The minimum absolute atomic E-state index is 0.0455. The third-order valence-corrected chi connectivity index (χ3v) is 4.13. The van der Waals surface area contributed by atoms with E-state index in [9.17, 15) is 15.0 Å². The van der Waals surface area contributed by atoms with E-state index in [1.54, 1.807) is 24.3 Å². The van der Waals surface area contributed by atoms with Crippen molar-refractivity contribution in [3.8, 4) is 23.0 Å². The molecule has 0 unspecified atom stereocenters. The zero-order chi connectivity index (χ0) is 17.8. The minimum atomic E-state index is -0.100. The van der Waals surface area contributed by atoms with Crippen LogP contribution in [0.5, 0.6) is 23.0 Å². The van der Waals surface area contributed by atoms with Gasteiger partial charge in [0.15, 0.2) is 17.3 Å². The van der Waals surface area contributed by atoms with E-state index in [1.165, 1.54) is 13.2 Å². The molecule has 0 aromatic heterocycles. The smallest absolute Gasteiger partial charge is 0.201 e. The molecular formula is C20H20O5. The number of phenols is 1. The van der Waals surface area contributed by atoms with Gasteiger partial charge in [-0.25, -0.2) is 0 Å². The zero-order valence-electron chi connectivity index (χ0n) is 14.0. The van der Waals surface area contributed by atoms with E-state index in [1.807, 2.05) is 12.1 Å². The molecular weight excluding hydrogens is 320 g/mol. The Kier molecular flexibility index (Phi) is 4.93. The van der Waals surface area contributed by atoms with E-state index in [2.05, 4.69) is 0 Å². The Labute approximate surface area is 146 Å². The fraction of sp³-hybridized carbons (Fsp3) is 0.250. The van der Waals surface area contributed by atoms with Crippen molar-refractivity contribution in [2.75, 3.05) is 7.11 Å². The van der Waals surface area contributed by atoms with Gasteiger partial charge in [0.2, 0.25) is 5.75 Å². The van der Waals surface area contributed by atoms with Crippen molar-refractivity contribution in [3.63, 3.8) is 0 Å². The van der Waals surface area contributed by atoms with E-state index in [0.29, 0.717) is 37.2 Å². The van der Waals surface area contributed by atoms with Crippen LogP contribution in [0.25, 0.3) is 0 Å². The van der Waals surface area contributed by atoms with Crippen molar-refractivity contribution in [2.24, 2.45) is 0 Å². The molecule has 2 N–H and O–H groups in total. The highest BCUT2D eigenvalue weighted by Gasteiger charge is 2.14. The largest absolute Gasteiger partial charge is 0.512 e. The molecule has 2 aliphatic rings. The van der Waals surface area contributed by atoms with Gasteiger partial charge in [0.05, 0.1) is 12.9 Å². The highest BCUT2D eigenvalue weighted by atomic mass is 16.5. The number of aliphatic hydroxyl groups excluding tert-OH is 1. The van der Waals surface area contributed by atoms with Crippen LogP contribution in [0.15, 0.2) is 48.2 Å². The molecule has 0 aliphatic carbocycles. The highest BCUT2D eigenvalue weighted by molar-refractivity contribution is 5.90. The molecule has 4 bridgehead atoms. The maximum atomic E-state index is 11.9. The Morgan fingerprint density at radius 3 is 2.40 bits per heavy atom. The standard InChI is InChI=1S/C20H20O5/c1-24-18-10-14-3-7-16(22)12-15(21)6-2-13-4-8-17(9-5-13)25-19(11-14)20(18)23/h4-5,8-12,22-23H,2-3,6-7H2,1H3.